The van der Waals surface area contributed by atoms with Gasteiger partial charge in [0.2, 0.25) is 0 Å². The van der Waals surface area contributed by atoms with Gasteiger partial charge in [-0.25, -0.2) is 0 Å². The van der Waals surface area contributed by atoms with E-state index >= 15 is 0 Å². The zero-order valence-corrected chi connectivity index (χ0v) is 12.4. The average Bonchev–Trinajstić information content (AvgIpc) is 0.722. The molecule has 0 aliphatic carbocycles. The van der Waals surface area contributed by atoms with Gasteiger partial charge in [-0.3, -0.25) is 0 Å². The molecule has 4 nitrogen and oxygen atoms in total. The van der Waals surface area contributed by atoms with E-state index in [1.54, 1.807) is 0 Å². The Kier molecular flexibility index (Phi) is 14.8. The number of rotatable bonds is 0. The van der Waals surface area contributed by atoms with E-state index in [9.17, 15) is 0 Å². The second-order valence-electron chi connectivity index (χ2n) is 0.447. The standard InChI is InChI=1S/Na.4O.Sb.H4Te/h;;;;;;1H4/q+1;;3*-1;;+2. The Morgan fingerprint density at radius 2 is 1.14 bits per heavy atom. The van der Waals surface area contributed by atoms with Crippen LogP contribution in [0, 0.1) is 0 Å². The summed E-state index contributed by atoms with van der Waals surface area (Å²) >= 11 is -6.10. The van der Waals surface area contributed by atoms with E-state index in [1.807, 2.05) is 0 Å². The van der Waals surface area contributed by atoms with E-state index in [0.717, 1.165) is 0 Å². The molecule has 0 spiro atoms. The molecule has 0 aliphatic rings. The molecule has 0 rings (SSSR count). The van der Waals surface area contributed by atoms with Gasteiger partial charge in [-0.2, -0.15) is 0 Å². The molecule has 0 atom stereocenters. The fourth-order valence-corrected chi connectivity index (χ4v) is 0. The van der Waals surface area contributed by atoms with Crippen LogP contribution in [0.25, 0.3) is 0 Å². The van der Waals surface area contributed by atoms with E-state index in [-0.39, 0.29) is 53.2 Å². The van der Waals surface area contributed by atoms with Crippen LogP contribution in [0.15, 0.2) is 0 Å². The zero-order valence-electron chi connectivity index (χ0n) is 3.79. The first-order valence-corrected chi connectivity index (χ1v) is 4.90. The molecular weight excluding hydrogens is 336 g/mol. The second kappa shape index (κ2) is 6.41. The van der Waals surface area contributed by atoms with Crippen LogP contribution in [0.5, 0.6) is 0 Å². The predicted molar refractivity (Wildman–Crippen MR) is 17.8 cm³/mol. The fraction of sp³-hybridized carbons (Fsp3) is 0. The molecule has 0 aromatic heterocycles. The van der Waals surface area contributed by atoms with Crippen LogP contribution in [0.1, 0.15) is 0 Å². The molecule has 0 bridgehead atoms. The minimum absolute atomic E-state index is 0. The Labute approximate surface area is 85.0 Å². The van der Waals surface area contributed by atoms with Gasteiger partial charge in [0, 0.05) is 0 Å². The average molecular weight is 340 g/mol. The molecule has 0 fully saturated rings. The van der Waals surface area contributed by atoms with Crippen molar-refractivity contribution < 1.29 is 42.7 Å². The molecular formula is H4NaO4SbTe. The summed E-state index contributed by atoms with van der Waals surface area (Å²) in [6.45, 7) is 0. The third kappa shape index (κ3) is 62.6. The van der Waals surface area contributed by atoms with Crippen LogP contribution in [0.4, 0.5) is 0 Å². The van der Waals surface area contributed by atoms with Gasteiger partial charge in [-0.15, -0.1) is 0 Å². The Morgan fingerprint density at radius 1 is 1.14 bits per heavy atom. The number of hydrogen-bond acceptors (Lipinski definition) is 4. The summed E-state index contributed by atoms with van der Waals surface area (Å²) in [6, 6.07) is 0. The van der Waals surface area contributed by atoms with Crippen molar-refractivity contribution in [2.24, 2.45) is 0 Å². The van der Waals surface area contributed by atoms with Gasteiger partial charge >= 0.3 is 86.5 Å². The molecule has 0 saturated carbocycles. The molecule has 0 N–H and O–H groups in total. The Balaban J connectivity index is -0.0000000800. The van der Waals surface area contributed by atoms with Crippen molar-refractivity contribution in [2.75, 3.05) is 0 Å². The van der Waals surface area contributed by atoms with Crippen molar-refractivity contribution in [1.82, 2.24) is 0 Å². The molecule has 0 aliphatic heterocycles. The van der Waals surface area contributed by atoms with Crippen LogP contribution in [-0.2, 0) is 3.02 Å². The van der Waals surface area contributed by atoms with Gasteiger partial charge in [0.15, 0.2) is 0 Å². The molecule has 40 valence electrons. The normalized spacial score (nSPS) is 8.43. The van der Waals surface area contributed by atoms with Crippen LogP contribution in [0.2, 0.25) is 0 Å². The summed E-state index contributed by atoms with van der Waals surface area (Å²) < 4.78 is 34.6. The van der Waals surface area contributed by atoms with Crippen molar-refractivity contribution in [3.05, 3.63) is 0 Å². The van der Waals surface area contributed by atoms with Gasteiger partial charge in [-0.1, -0.05) is 0 Å². The van der Waals surface area contributed by atoms with E-state index in [1.165, 1.54) is 0 Å². The molecule has 0 unspecified atom stereocenters. The number of hydrogen-bond donors (Lipinski definition) is 0. The minimum atomic E-state index is -6.10. The van der Waals surface area contributed by atoms with Crippen molar-refractivity contribution in [2.45, 2.75) is 0 Å². The molecule has 0 radical (unpaired) electrons. The van der Waals surface area contributed by atoms with Crippen molar-refractivity contribution >= 4 is 43.7 Å². The molecule has 0 amide bonds. The van der Waals surface area contributed by atoms with Gasteiger partial charge in [0.05, 0.1) is 0 Å². The van der Waals surface area contributed by atoms with Crippen LogP contribution >= 0.6 is 0 Å². The van der Waals surface area contributed by atoms with Gasteiger partial charge < -0.3 is 0 Å². The van der Waals surface area contributed by atoms with Crippen LogP contribution in [-0.4, -0.2) is 43.7 Å². The molecule has 0 aromatic carbocycles. The first kappa shape index (κ1) is 16.1. The maximum absolute atomic E-state index is 8.64. The van der Waals surface area contributed by atoms with Crippen LogP contribution in [0.3, 0.4) is 0 Å². The van der Waals surface area contributed by atoms with Crippen molar-refractivity contribution in [1.29, 1.82) is 0 Å². The predicted octanol–water partition coefficient (Wildman–Crippen LogP) is -8.51. The summed E-state index contributed by atoms with van der Waals surface area (Å²) in [5.41, 5.74) is 0. The van der Waals surface area contributed by atoms with Crippen molar-refractivity contribution in [3.8, 4) is 0 Å². The second-order valence-corrected chi connectivity index (χ2v) is 3.00. The molecule has 0 aromatic rings. The van der Waals surface area contributed by atoms with Gasteiger partial charge in [0.1, 0.15) is 0 Å². The third-order valence-corrected chi connectivity index (χ3v) is 0. The quantitative estimate of drug-likeness (QED) is 0.410. The summed E-state index contributed by atoms with van der Waals surface area (Å²) in [6.07, 6.45) is 0. The monoisotopic (exact) mass is 342 g/mol. The summed E-state index contributed by atoms with van der Waals surface area (Å²) in [5.74, 6) is 0. The molecule has 0 heterocycles. The van der Waals surface area contributed by atoms with E-state index < -0.39 is 20.1 Å². The maximum atomic E-state index is 8.64. The first-order chi connectivity index (χ1) is 2.00. The summed E-state index contributed by atoms with van der Waals surface area (Å²) in [7, 11) is 0. The van der Waals surface area contributed by atoms with E-state index in [0.29, 0.717) is 0 Å². The Morgan fingerprint density at radius 3 is 1.14 bits per heavy atom. The Hall–Kier alpha value is 2.29. The summed E-state index contributed by atoms with van der Waals surface area (Å²) in [5, 5.41) is 0. The summed E-state index contributed by atoms with van der Waals surface area (Å²) in [4.78, 5) is 0. The van der Waals surface area contributed by atoms with Gasteiger partial charge in [-0.05, 0) is 0 Å². The van der Waals surface area contributed by atoms with Gasteiger partial charge in [0.25, 0.3) is 0 Å². The fourth-order valence-electron chi connectivity index (χ4n) is 0. The molecule has 0 saturated heterocycles. The van der Waals surface area contributed by atoms with E-state index in [2.05, 4.69) is 0 Å². The van der Waals surface area contributed by atoms with Crippen LogP contribution < -0.4 is 39.7 Å². The topological polar surface area (TPSA) is 86.2 Å². The molecule has 7 heavy (non-hydrogen) atoms. The Bertz CT molecular complexity index is 57.8. The zero-order chi connectivity index (χ0) is 4.50. The van der Waals surface area contributed by atoms with E-state index in [4.69, 9.17) is 13.2 Å². The third-order valence-electron chi connectivity index (χ3n) is 0. The van der Waals surface area contributed by atoms with Crippen molar-refractivity contribution in [3.63, 3.8) is 0 Å². The molecule has 7 heteroatoms. The first-order valence-electron chi connectivity index (χ1n) is 0.730. The SMILES string of the molecule is [Na+].[O]=[Sb]([O-])([O-])[O-].[TeH4+2].